The van der Waals surface area contributed by atoms with E-state index < -0.39 is 0 Å². The van der Waals surface area contributed by atoms with Gasteiger partial charge in [0.05, 0.1) is 0 Å². The molecule has 1 N–H and O–H groups in total. The van der Waals surface area contributed by atoms with Gasteiger partial charge in [-0.25, -0.2) is 4.68 Å². The molecular weight excluding hydrogens is 350 g/mol. The maximum Gasteiger partial charge on any atom is 0.204 e. The molecule has 0 unspecified atom stereocenters. The largest absolute Gasteiger partial charge is 0.376 e. The fourth-order valence-corrected chi connectivity index (χ4v) is 2.83. The van der Waals surface area contributed by atoms with Crippen molar-refractivity contribution in [3.05, 3.63) is 52.8 Å². The van der Waals surface area contributed by atoms with Crippen molar-refractivity contribution in [1.29, 1.82) is 0 Å². The second-order valence-corrected chi connectivity index (χ2v) is 6.75. The number of hydrogen-bond acceptors (Lipinski definition) is 8. The molecule has 1 aromatic heterocycles. The zero-order valence-electron chi connectivity index (χ0n) is 14.2. The minimum Gasteiger partial charge on any atom is -0.376 e. The topological polar surface area (TPSA) is 80.5 Å². The molecule has 1 aliphatic carbocycles. The number of tetrazole rings is 1. The van der Waals surface area contributed by atoms with Crippen LogP contribution in [0.5, 0.6) is 0 Å². The van der Waals surface area contributed by atoms with Gasteiger partial charge in [-0.2, -0.15) is 0 Å². The van der Waals surface area contributed by atoms with E-state index in [4.69, 9.17) is 4.84 Å². The number of oxime groups is 1. The van der Waals surface area contributed by atoms with Crippen LogP contribution in [0.4, 0.5) is 0 Å². The van der Waals surface area contributed by atoms with Crippen molar-refractivity contribution in [1.82, 2.24) is 30.0 Å². The normalized spacial score (nSPS) is 17.3. The van der Waals surface area contributed by atoms with E-state index in [1.54, 1.807) is 11.7 Å². The summed E-state index contributed by atoms with van der Waals surface area (Å²) in [7, 11) is 1.76. The third-order valence-corrected chi connectivity index (χ3v) is 4.53. The van der Waals surface area contributed by atoms with Gasteiger partial charge < -0.3 is 4.84 Å². The van der Waals surface area contributed by atoms with Gasteiger partial charge in [-0.3, -0.25) is 5.43 Å². The van der Waals surface area contributed by atoms with Crippen LogP contribution in [-0.2, 0) is 11.9 Å². The van der Waals surface area contributed by atoms with Gasteiger partial charge in [0.15, 0.2) is 12.4 Å². The Labute approximate surface area is 155 Å². The molecule has 2 aromatic rings. The third-order valence-electron chi connectivity index (χ3n) is 3.74. The number of rotatable bonds is 5. The highest BCUT2D eigenvalue weighted by atomic mass is 32.2. The van der Waals surface area contributed by atoms with E-state index in [9.17, 15) is 0 Å². The van der Waals surface area contributed by atoms with Gasteiger partial charge >= 0.3 is 0 Å². The van der Waals surface area contributed by atoms with E-state index in [0.29, 0.717) is 17.5 Å². The standard InChI is InChI=1S/C17H17N7OS/c1-23-17(18-21-22-23)16(14-5-3-2-4-6-14)20-25-12-24-19-15(11-26-24)10-9-13-7-8-13/h2-6,11,13,19H,7-8,12H2,1H3. The van der Waals surface area contributed by atoms with E-state index >= 15 is 0 Å². The van der Waals surface area contributed by atoms with Gasteiger partial charge in [0.2, 0.25) is 5.82 Å². The van der Waals surface area contributed by atoms with Crippen molar-refractivity contribution >= 4 is 17.7 Å². The van der Waals surface area contributed by atoms with Crippen LogP contribution >= 0.6 is 11.9 Å². The molecule has 0 radical (unpaired) electrons. The van der Waals surface area contributed by atoms with Gasteiger partial charge in [0, 0.05) is 23.9 Å². The maximum atomic E-state index is 5.54. The molecule has 0 saturated heterocycles. The lowest BCUT2D eigenvalue weighted by molar-refractivity contribution is 0.0699. The van der Waals surface area contributed by atoms with Crippen LogP contribution in [0.25, 0.3) is 0 Å². The second-order valence-electron chi connectivity index (χ2n) is 5.86. The summed E-state index contributed by atoms with van der Waals surface area (Å²) in [4.78, 5) is 5.54. The summed E-state index contributed by atoms with van der Waals surface area (Å²) in [6.45, 7) is 0.247. The Morgan fingerprint density at radius 1 is 1.38 bits per heavy atom. The minimum atomic E-state index is 0.247. The number of aryl methyl sites for hydroxylation is 1. The Bertz CT molecular complexity index is 893. The van der Waals surface area contributed by atoms with Gasteiger partial charge in [-0.1, -0.05) is 41.4 Å². The zero-order chi connectivity index (χ0) is 17.8. The highest BCUT2D eigenvalue weighted by Gasteiger charge is 2.19. The molecule has 4 rings (SSSR count). The number of benzene rings is 1. The van der Waals surface area contributed by atoms with E-state index in [0.717, 1.165) is 11.3 Å². The predicted molar refractivity (Wildman–Crippen MR) is 98.0 cm³/mol. The molecule has 0 bridgehead atoms. The number of hydrazine groups is 1. The zero-order valence-corrected chi connectivity index (χ0v) is 15.0. The fourth-order valence-electron chi connectivity index (χ4n) is 2.23. The summed E-state index contributed by atoms with van der Waals surface area (Å²) in [6, 6.07) is 9.68. The molecule has 132 valence electrons. The smallest absolute Gasteiger partial charge is 0.204 e. The Hall–Kier alpha value is -2.83. The average molecular weight is 367 g/mol. The van der Waals surface area contributed by atoms with Crippen molar-refractivity contribution < 1.29 is 4.84 Å². The second kappa shape index (κ2) is 7.59. The number of nitrogens with zero attached hydrogens (tertiary/aromatic N) is 6. The third kappa shape index (κ3) is 4.04. The van der Waals surface area contributed by atoms with E-state index in [2.05, 4.69) is 37.9 Å². The quantitative estimate of drug-likeness (QED) is 0.373. The summed E-state index contributed by atoms with van der Waals surface area (Å²) in [5, 5.41) is 17.8. The lowest BCUT2D eigenvalue weighted by atomic mass is 10.1. The summed E-state index contributed by atoms with van der Waals surface area (Å²) < 4.78 is 3.38. The SMILES string of the molecule is Cn1nnnc1C(=NOCN1NC(C#CC2CC2)=CS1)c1ccccc1. The van der Waals surface area contributed by atoms with Crippen LogP contribution in [0.1, 0.15) is 24.2 Å². The van der Waals surface area contributed by atoms with Crippen LogP contribution in [0.15, 0.2) is 46.6 Å². The van der Waals surface area contributed by atoms with Crippen molar-refractivity contribution in [2.75, 3.05) is 6.73 Å². The van der Waals surface area contributed by atoms with E-state index in [1.807, 2.05) is 40.2 Å². The molecule has 0 spiro atoms. The Morgan fingerprint density at radius 2 is 2.23 bits per heavy atom. The van der Waals surface area contributed by atoms with E-state index in [-0.39, 0.29) is 6.73 Å². The molecule has 1 aromatic carbocycles. The van der Waals surface area contributed by atoms with Crippen LogP contribution in [-0.4, -0.2) is 37.1 Å². The van der Waals surface area contributed by atoms with Crippen LogP contribution in [0.3, 0.4) is 0 Å². The first-order valence-electron chi connectivity index (χ1n) is 8.20. The predicted octanol–water partition coefficient (Wildman–Crippen LogP) is 1.66. The Balaban J connectivity index is 1.41. The highest BCUT2D eigenvalue weighted by Crippen LogP contribution is 2.28. The lowest BCUT2D eigenvalue weighted by Crippen LogP contribution is -2.28. The van der Waals surface area contributed by atoms with Gasteiger partial charge in [-0.15, -0.1) is 9.51 Å². The van der Waals surface area contributed by atoms with E-state index in [1.165, 1.54) is 24.8 Å². The molecule has 9 heteroatoms. The summed E-state index contributed by atoms with van der Waals surface area (Å²) in [5.41, 5.74) is 5.51. The fraction of sp³-hybridized carbons (Fsp3) is 0.294. The molecule has 0 amide bonds. The first kappa shape index (κ1) is 16.6. The molecule has 2 aliphatic rings. The monoisotopic (exact) mass is 367 g/mol. The van der Waals surface area contributed by atoms with Gasteiger partial charge in [-0.05, 0) is 41.1 Å². The molecular formula is C17H17N7OS. The lowest BCUT2D eigenvalue weighted by Gasteiger charge is -2.13. The van der Waals surface area contributed by atoms with Gasteiger partial charge in [0.25, 0.3) is 0 Å². The van der Waals surface area contributed by atoms with Crippen molar-refractivity contribution in [2.45, 2.75) is 12.8 Å². The number of hydrogen-bond donors (Lipinski definition) is 1. The number of aromatic nitrogens is 4. The highest BCUT2D eigenvalue weighted by molar-refractivity contribution is 8.00. The molecule has 1 fully saturated rings. The minimum absolute atomic E-state index is 0.247. The summed E-state index contributed by atoms with van der Waals surface area (Å²) in [6.07, 6.45) is 2.43. The van der Waals surface area contributed by atoms with Crippen LogP contribution in [0.2, 0.25) is 0 Å². The van der Waals surface area contributed by atoms with Gasteiger partial charge in [0.1, 0.15) is 5.70 Å². The first-order valence-corrected chi connectivity index (χ1v) is 9.04. The van der Waals surface area contributed by atoms with Crippen LogP contribution in [0, 0.1) is 17.8 Å². The average Bonchev–Trinajstić information content (AvgIpc) is 3.24. The van der Waals surface area contributed by atoms with Crippen LogP contribution < -0.4 is 5.43 Å². The molecule has 1 aliphatic heterocycles. The number of nitrogens with one attached hydrogen (secondary N) is 1. The molecule has 0 atom stereocenters. The van der Waals surface area contributed by atoms with Crippen molar-refractivity contribution in [3.63, 3.8) is 0 Å². The van der Waals surface area contributed by atoms with Crippen molar-refractivity contribution in [3.8, 4) is 11.8 Å². The first-order chi connectivity index (χ1) is 12.8. The molecule has 26 heavy (non-hydrogen) atoms. The van der Waals surface area contributed by atoms with Crippen molar-refractivity contribution in [2.24, 2.45) is 18.1 Å². The Kier molecular flexibility index (Phi) is 4.86. The molecule has 8 nitrogen and oxygen atoms in total. The summed E-state index contributed by atoms with van der Waals surface area (Å²) >= 11 is 1.49. The maximum absolute atomic E-state index is 5.54. The molecule has 1 saturated carbocycles. The molecule has 2 heterocycles. The summed E-state index contributed by atoms with van der Waals surface area (Å²) in [5.74, 6) is 7.48. The Morgan fingerprint density at radius 3 is 2.96 bits per heavy atom. The number of allylic oxidation sites excluding steroid dienone is 1.